The smallest absolute Gasteiger partial charge is 0.414 e. The van der Waals surface area contributed by atoms with Gasteiger partial charge in [0.2, 0.25) is 0 Å². The largest absolute Gasteiger partial charge is 0.450 e. The topological polar surface area (TPSA) is 68.3 Å². The molecular formula is C9H10N2O3. The molecule has 0 saturated heterocycles. The van der Waals surface area contributed by atoms with Crippen LogP contribution in [0.2, 0.25) is 0 Å². The number of ether oxygens (including phenoxy) is 1. The lowest BCUT2D eigenvalue weighted by molar-refractivity contribution is 0.0925. The fourth-order valence-electron chi connectivity index (χ4n) is 0.835. The van der Waals surface area contributed by atoms with E-state index in [1.54, 1.807) is 6.92 Å². The average molecular weight is 194 g/mol. The van der Waals surface area contributed by atoms with Gasteiger partial charge >= 0.3 is 6.09 Å². The second-order valence-corrected chi connectivity index (χ2v) is 2.41. The van der Waals surface area contributed by atoms with Gasteiger partial charge in [-0.1, -0.05) is 0 Å². The van der Waals surface area contributed by atoms with E-state index in [9.17, 15) is 9.59 Å². The Morgan fingerprint density at radius 2 is 2.07 bits per heavy atom. The second kappa shape index (κ2) is 4.96. The third-order valence-electron chi connectivity index (χ3n) is 1.43. The van der Waals surface area contributed by atoms with Crippen LogP contribution in [0.1, 0.15) is 17.3 Å². The lowest BCUT2D eigenvalue weighted by Gasteiger charge is -2.02. The Morgan fingerprint density at radius 3 is 2.64 bits per heavy atom. The number of aromatic nitrogens is 1. The molecule has 74 valence electrons. The SMILES string of the molecule is CCOC(=O)NC(=O)c1ccncc1. The summed E-state index contributed by atoms with van der Waals surface area (Å²) < 4.78 is 4.55. The Hall–Kier alpha value is -1.91. The van der Waals surface area contributed by atoms with Crippen LogP contribution in [0.15, 0.2) is 24.5 Å². The van der Waals surface area contributed by atoms with Gasteiger partial charge in [0, 0.05) is 18.0 Å². The highest BCUT2D eigenvalue weighted by Crippen LogP contribution is 1.95. The third kappa shape index (κ3) is 2.85. The molecule has 0 radical (unpaired) electrons. The Labute approximate surface area is 81.1 Å². The zero-order chi connectivity index (χ0) is 10.4. The van der Waals surface area contributed by atoms with Crippen LogP contribution in [-0.4, -0.2) is 23.6 Å². The van der Waals surface area contributed by atoms with Crippen LogP contribution >= 0.6 is 0 Å². The molecule has 1 heterocycles. The van der Waals surface area contributed by atoms with Crippen LogP contribution in [0.25, 0.3) is 0 Å². The van der Waals surface area contributed by atoms with Gasteiger partial charge in [-0.3, -0.25) is 15.1 Å². The number of imide groups is 1. The number of rotatable bonds is 2. The van der Waals surface area contributed by atoms with Gasteiger partial charge in [-0.05, 0) is 19.1 Å². The van der Waals surface area contributed by atoms with Gasteiger partial charge in [-0.15, -0.1) is 0 Å². The minimum absolute atomic E-state index is 0.232. The first-order valence-corrected chi connectivity index (χ1v) is 4.12. The number of alkyl carbamates (subject to hydrolysis) is 1. The predicted molar refractivity (Wildman–Crippen MR) is 48.7 cm³/mol. The van der Waals surface area contributed by atoms with E-state index < -0.39 is 12.0 Å². The third-order valence-corrected chi connectivity index (χ3v) is 1.43. The number of pyridine rings is 1. The highest BCUT2D eigenvalue weighted by Gasteiger charge is 2.09. The predicted octanol–water partition coefficient (Wildman–Crippen LogP) is 0.968. The fourth-order valence-corrected chi connectivity index (χ4v) is 0.835. The van der Waals surface area contributed by atoms with Gasteiger partial charge in [0.15, 0.2) is 0 Å². The minimum Gasteiger partial charge on any atom is -0.450 e. The summed E-state index contributed by atoms with van der Waals surface area (Å²) >= 11 is 0. The molecule has 1 aromatic heterocycles. The highest BCUT2D eigenvalue weighted by molar-refractivity contribution is 6.02. The molecule has 1 aromatic rings. The second-order valence-electron chi connectivity index (χ2n) is 2.41. The number of carbonyl (C=O) groups excluding carboxylic acids is 2. The molecule has 0 unspecified atom stereocenters. The molecule has 0 spiro atoms. The first-order valence-electron chi connectivity index (χ1n) is 4.12. The summed E-state index contributed by atoms with van der Waals surface area (Å²) in [6.07, 6.45) is 2.20. The number of hydrogen-bond acceptors (Lipinski definition) is 4. The molecule has 14 heavy (non-hydrogen) atoms. The molecule has 2 amide bonds. The zero-order valence-corrected chi connectivity index (χ0v) is 7.69. The van der Waals surface area contributed by atoms with Crippen molar-refractivity contribution in [3.05, 3.63) is 30.1 Å². The molecule has 0 aliphatic rings. The number of nitrogens with zero attached hydrogens (tertiary/aromatic N) is 1. The number of nitrogens with one attached hydrogen (secondary N) is 1. The van der Waals surface area contributed by atoms with E-state index in [2.05, 4.69) is 15.0 Å². The Morgan fingerprint density at radius 1 is 1.43 bits per heavy atom. The van der Waals surface area contributed by atoms with Crippen molar-refractivity contribution in [3.8, 4) is 0 Å². The lowest BCUT2D eigenvalue weighted by atomic mass is 10.2. The van der Waals surface area contributed by atoms with Crippen LogP contribution < -0.4 is 5.32 Å². The van der Waals surface area contributed by atoms with Crippen LogP contribution in [0.4, 0.5) is 4.79 Å². The summed E-state index contributed by atoms with van der Waals surface area (Å²) in [7, 11) is 0. The van der Waals surface area contributed by atoms with Crippen molar-refractivity contribution in [2.45, 2.75) is 6.92 Å². The van der Waals surface area contributed by atoms with Gasteiger partial charge < -0.3 is 4.74 Å². The maximum Gasteiger partial charge on any atom is 0.414 e. The molecule has 0 aliphatic heterocycles. The van der Waals surface area contributed by atoms with Crippen molar-refractivity contribution in [1.82, 2.24) is 10.3 Å². The normalized spacial score (nSPS) is 9.21. The van der Waals surface area contributed by atoms with Gasteiger partial charge in [0.05, 0.1) is 6.61 Å². The molecule has 1 rings (SSSR count). The summed E-state index contributed by atoms with van der Waals surface area (Å²) in [6.45, 7) is 1.89. The lowest BCUT2D eigenvalue weighted by Crippen LogP contribution is -2.30. The van der Waals surface area contributed by atoms with Crippen molar-refractivity contribution in [2.24, 2.45) is 0 Å². The van der Waals surface area contributed by atoms with Gasteiger partial charge in [0.25, 0.3) is 5.91 Å². The van der Waals surface area contributed by atoms with Gasteiger partial charge in [-0.25, -0.2) is 4.79 Å². The summed E-state index contributed by atoms with van der Waals surface area (Å²) in [5, 5.41) is 2.07. The number of hydrogen-bond donors (Lipinski definition) is 1. The van der Waals surface area contributed by atoms with Gasteiger partial charge in [-0.2, -0.15) is 0 Å². The van der Waals surface area contributed by atoms with Crippen molar-refractivity contribution >= 4 is 12.0 Å². The Balaban J connectivity index is 2.55. The van der Waals surface area contributed by atoms with Crippen molar-refractivity contribution < 1.29 is 14.3 Å². The quantitative estimate of drug-likeness (QED) is 0.761. The Kier molecular flexibility index (Phi) is 3.60. The van der Waals surface area contributed by atoms with Crippen LogP contribution in [0, 0.1) is 0 Å². The molecule has 1 N–H and O–H groups in total. The van der Waals surface area contributed by atoms with E-state index in [0.29, 0.717) is 5.56 Å². The highest BCUT2D eigenvalue weighted by atomic mass is 16.5. The molecule has 0 saturated carbocycles. The van der Waals surface area contributed by atoms with Crippen LogP contribution in [0.3, 0.4) is 0 Å². The van der Waals surface area contributed by atoms with E-state index in [1.807, 2.05) is 0 Å². The minimum atomic E-state index is -0.741. The monoisotopic (exact) mass is 194 g/mol. The molecule has 0 aliphatic carbocycles. The van der Waals surface area contributed by atoms with Gasteiger partial charge in [0.1, 0.15) is 0 Å². The molecule has 0 bridgehead atoms. The molecular weight excluding hydrogens is 184 g/mol. The van der Waals surface area contributed by atoms with Crippen LogP contribution in [0.5, 0.6) is 0 Å². The molecule has 0 aromatic carbocycles. The van der Waals surface area contributed by atoms with E-state index in [-0.39, 0.29) is 6.61 Å². The van der Waals surface area contributed by atoms with E-state index in [0.717, 1.165) is 0 Å². The summed E-state index contributed by atoms with van der Waals surface area (Å²) in [4.78, 5) is 25.9. The summed E-state index contributed by atoms with van der Waals surface area (Å²) in [6, 6.07) is 3.02. The van der Waals surface area contributed by atoms with E-state index in [4.69, 9.17) is 0 Å². The average Bonchev–Trinajstić information content (AvgIpc) is 2.19. The molecule has 5 heteroatoms. The maximum absolute atomic E-state index is 11.3. The van der Waals surface area contributed by atoms with Crippen molar-refractivity contribution in [2.75, 3.05) is 6.61 Å². The first-order chi connectivity index (χ1) is 6.74. The molecule has 0 fully saturated rings. The molecule has 0 atom stereocenters. The standard InChI is InChI=1S/C9H10N2O3/c1-2-14-9(13)11-8(12)7-3-5-10-6-4-7/h3-6H,2H2,1H3,(H,11,12,13). The van der Waals surface area contributed by atoms with E-state index in [1.165, 1.54) is 24.5 Å². The number of amides is 2. The number of carbonyl (C=O) groups is 2. The fraction of sp³-hybridized carbons (Fsp3) is 0.222. The Bertz CT molecular complexity index is 324. The molecule has 5 nitrogen and oxygen atoms in total. The van der Waals surface area contributed by atoms with Crippen LogP contribution in [-0.2, 0) is 4.74 Å². The van der Waals surface area contributed by atoms with Crippen molar-refractivity contribution in [3.63, 3.8) is 0 Å². The van der Waals surface area contributed by atoms with E-state index >= 15 is 0 Å². The maximum atomic E-state index is 11.3. The summed E-state index contributed by atoms with van der Waals surface area (Å²) in [5.41, 5.74) is 0.369. The first kappa shape index (κ1) is 10.2. The zero-order valence-electron chi connectivity index (χ0n) is 7.69. The van der Waals surface area contributed by atoms with Crippen molar-refractivity contribution in [1.29, 1.82) is 0 Å². The summed E-state index contributed by atoms with van der Waals surface area (Å²) in [5.74, 6) is -0.495.